The molecule has 0 bridgehead atoms. The molecule has 2 aromatic rings. The largest absolute Gasteiger partial charge is 0.327 e. The summed E-state index contributed by atoms with van der Waals surface area (Å²) in [7, 11) is 0. The zero-order chi connectivity index (χ0) is 12.0. The lowest BCUT2D eigenvalue weighted by atomic mass is 9.86. The number of rotatable bonds is 2. The Labute approximate surface area is 104 Å². The summed E-state index contributed by atoms with van der Waals surface area (Å²) < 4.78 is 1.87. The molecule has 1 aliphatic rings. The molecule has 0 saturated heterocycles. The van der Waals surface area contributed by atoms with Crippen molar-refractivity contribution in [1.29, 1.82) is 0 Å². The van der Waals surface area contributed by atoms with Crippen molar-refractivity contribution in [3.05, 3.63) is 10.8 Å². The number of aryl methyl sites for hydroxylation is 1. The van der Waals surface area contributed by atoms with E-state index >= 15 is 0 Å². The van der Waals surface area contributed by atoms with Crippen LogP contribution in [-0.4, -0.2) is 25.9 Å². The second-order valence-electron chi connectivity index (χ2n) is 4.99. The molecule has 2 unspecified atom stereocenters. The van der Waals surface area contributed by atoms with Gasteiger partial charge in [-0.05, 0) is 12.8 Å². The Balaban J connectivity index is 2.09. The van der Waals surface area contributed by atoms with Crippen LogP contribution in [0, 0.1) is 0 Å². The molecule has 0 aromatic carbocycles. The summed E-state index contributed by atoms with van der Waals surface area (Å²) in [6.07, 6.45) is 4.27. The van der Waals surface area contributed by atoms with Gasteiger partial charge < -0.3 is 5.73 Å². The van der Waals surface area contributed by atoms with E-state index in [1.165, 1.54) is 6.42 Å². The number of aromatic nitrogens is 4. The summed E-state index contributed by atoms with van der Waals surface area (Å²) in [6.45, 7) is 4.29. The van der Waals surface area contributed by atoms with Crippen LogP contribution in [0.5, 0.6) is 0 Å². The fourth-order valence-electron chi connectivity index (χ4n) is 2.57. The van der Waals surface area contributed by atoms with Crippen LogP contribution in [0.3, 0.4) is 0 Å². The minimum atomic E-state index is 0.0242. The second-order valence-corrected chi connectivity index (χ2v) is 5.94. The van der Waals surface area contributed by atoms with Crippen LogP contribution in [0.25, 0.3) is 4.96 Å². The zero-order valence-electron chi connectivity index (χ0n) is 10.2. The molecule has 2 N–H and O–H groups in total. The van der Waals surface area contributed by atoms with Gasteiger partial charge in [-0.25, -0.2) is 0 Å². The van der Waals surface area contributed by atoms with Crippen molar-refractivity contribution in [1.82, 2.24) is 19.8 Å². The first kappa shape index (κ1) is 11.1. The summed E-state index contributed by atoms with van der Waals surface area (Å²) in [6, 6.07) is 0.219. The van der Waals surface area contributed by atoms with Crippen LogP contribution in [0.2, 0.25) is 0 Å². The van der Waals surface area contributed by atoms with Gasteiger partial charge in [0.1, 0.15) is 5.01 Å². The Morgan fingerprint density at radius 1 is 1.53 bits per heavy atom. The van der Waals surface area contributed by atoms with Crippen molar-refractivity contribution in [3.63, 3.8) is 0 Å². The summed E-state index contributed by atoms with van der Waals surface area (Å²) in [5.74, 6) is 0.928. The standard InChI is InChI=1S/C11H17N5S/c1-3-8-13-14-10-16(8)15-9(17-10)11(2)6-4-5-7(11)12/h7H,3-6,12H2,1-2H3. The van der Waals surface area contributed by atoms with Gasteiger partial charge in [0.25, 0.3) is 0 Å². The van der Waals surface area contributed by atoms with Crippen LogP contribution in [0.15, 0.2) is 0 Å². The maximum atomic E-state index is 6.23. The highest BCUT2D eigenvalue weighted by atomic mass is 32.1. The van der Waals surface area contributed by atoms with E-state index in [1.54, 1.807) is 11.3 Å². The van der Waals surface area contributed by atoms with E-state index in [4.69, 9.17) is 5.73 Å². The third-order valence-electron chi connectivity index (χ3n) is 3.89. The lowest BCUT2D eigenvalue weighted by molar-refractivity contribution is 0.422. The highest BCUT2D eigenvalue weighted by molar-refractivity contribution is 7.16. The van der Waals surface area contributed by atoms with Crippen LogP contribution >= 0.6 is 11.3 Å². The maximum Gasteiger partial charge on any atom is 0.234 e. The average molecular weight is 251 g/mol. The van der Waals surface area contributed by atoms with Crippen molar-refractivity contribution >= 4 is 16.3 Å². The number of nitrogens with two attached hydrogens (primary N) is 1. The summed E-state index contributed by atoms with van der Waals surface area (Å²) >= 11 is 1.63. The molecule has 1 saturated carbocycles. The molecule has 92 valence electrons. The van der Waals surface area contributed by atoms with E-state index in [1.807, 2.05) is 4.52 Å². The first-order valence-electron chi connectivity index (χ1n) is 6.12. The van der Waals surface area contributed by atoms with Crippen LogP contribution < -0.4 is 5.73 Å². The van der Waals surface area contributed by atoms with Gasteiger partial charge in [-0.3, -0.25) is 0 Å². The molecular formula is C11H17N5S. The predicted molar refractivity (Wildman–Crippen MR) is 67.2 cm³/mol. The first-order valence-corrected chi connectivity index (χ1v) is 6.94. The Bertz CT molecular complexity index is 545. The van der Waals surface area contributed by atoms with Crippen molar-refractivity contribution in [3.8, 4) is 0 Å². The van der Waals surface area contributed by atoms with Gasteiger partial charge in [0.15, 0.2) is 5.82 Å². The third kappa shape index (κ3) is 1.51. The van der Waals surface area contributed by atoms with Gasteiger partial charge >= 0.3 is 0 Å². The monoisotopic (exact) mass is 251 g/mol. The molecule has 6 heteroatoms. The van der Waals surface area contributed by atoms with E-state index in [2.05, 4.69) is 29.1 Å². The van der Waals surface area contributed by atoms with Crippen LogP contribution in [0.1, 0.15) is 43.9 Å². The fraction of sp³-hybridized carbons (Fsp3) is 0.727. The molecule has 0 spiro atoms. The maximum absolute atomic E-state index is 6.23. The highest BCUT2D eigenvalue weighted by Crippen LogP contribution is 2.41. The topological polar surface area (TPSA) is 69.1 Å². The van der Waals surface area contributed by atoms with E-state index in [0.29, 0.717) is 0 Å². The molecule has 0 radical (unpaired) electrons. The van der Waals surface area contributed by atoms with E-state index < -0.39 is 0 Å². The molecule has 17 heavy (non-hydrogen) atoms. The number of hydrogen-bond donors (Lipinski definition) is 1. The van der Waals surface area contributed by atoms with Gasteiger partial charge in [0, 0.05) is 17.9 Å². The molecule has 0 amide bonds. The summed E-state index contributed by atoms with van der Waals surface area (Å²) in [4.78, 5) is 0.886. The Morgan fingerprint density at radius 2 is 2.35 bits per heavy atom. The van der Waals surface area contributed by atoms with Crippen LogP contribution in [0.4, 0.5) is 0 Å². The minimum absolute atomic E-state index is 0.0242. The van der Waals surface area contributed by atoms with Crippen molar-refractivity contribution in [2.75, 3.05) is 0 Å². The van der Waals surface area contributed by atoms with E-state index in [0.717, 1.165) is 35.1 Å². The van der Waals surface area contributed by atoms with Crippen molar-refractivity contribution in [2.45, 2.75) is 51.0 Å². The smallest absolute Gasteiger partial charge is 0.234 e. The average Bonchev–Trinajstić information content (AvgIpc) is 2.94. The molecule has 2 aromatic heterocycles. The quantitative estimate of drug-likeness (QED) is 0.878. The molecular weight excluding hydrogens is 234 g/mol. The van der Waals surface area contributed by atoms with Gasteiger partial charge in [0.2, 0.25) is 4.96 Å². The fourth-order valence-corrected chi connectivity index (χ4v) is 3.66. The second kappa shape index (κ2) is 3.74. The first-order chi connectivity index (χ1) is 8.15. The van der Waals surface area contributed by atoms with Gasteiger partial charge in [-0.15, -0.1) is 10.2 Å². The summed E-state index contributed by atoms with van der Waals surface area (Å²) in [5, 5.41) is 14.1. The lowest BCUT2D eigenvalue weighted by Crippen LogP contribution is -2.38. The Hall–Kier alpha value is -1.01. The zero-order valence-corrected chi connectivity index (χ0v) is 11.0. The molecule has 3 rings (SSSR count). The molecule has 2 atom stereocenters. The Kier molecular flexibility index (Phi) is 2.45. The van der Waals surface area contributed by atoms with Gasteiger partial charge in [0.05, 0.1) is 0 Å². The molecule has 5 nitrogen and oxygen atoms in total. The molecule has 0 aliphatic heterocycles. The number of hydrogen-bond acceptors (Lipinski definition) is 5. The molecule has 1 fully saturated rings. The Morgan fingerprint density at radius 3 is 3.00 bits per heavy atom. The van der Waals surface area contributed by atoms with Crippen molar-refractivity contribution < 1.29 is 0 Å². The van der Waals surface area contributed by atoms with Gasteiger partial charge in [-0.2, -0.15) is 9.61 Å². The summed E-state index contributed by atoms with van der Waals surface area (Å²) in [5.41, 5.74) is 6.25. The normalized spacial score (nSPS) is 29.2. The third-order valence-corrected chi connectivity index (χ3v) is 5.07. The SMILES string of the molecule is CCc1nnc2sc(C3(C)CCCC3N)nn12. The van der Waals surface area contributed by atoms with Gasteiger partial charge in [-0.1, -0.05) is 31.6 Å². The molecule has 2 heterocycles. The predicted octanol–water partition coefficient (Wildman–Crippen LogP) is 1.52. The lowest BCUT2D eigenvalue weighted by Gasteiger charge is -2.25. The molecule has 1 aliphatic carbocycles. The number of fused-ring (bicyclic) bond motifs is 1. The highest BCUT2D eigenvalue weighted by Gasteiger charge is 2.41. The van der Waals surface area contributed by atoms with Crippen molar-refractivity contribution in [2.24, 2.45) is 5.73 Å². The van der Waals surface area contributed by atoms with E-state index in [-0.39, 0.29) is 11.5 Å². The van der Waals surface area contributed by atoms with E-state index in [9.17, 15) is 0 Å². The number of nitrogens with zero attached hydrogens (tertiary/aromatic N) is 4. The minimum Gasteiger partial charge on any atom is -0.327 e. The van der Waals surface area contributed by atoms with Crippen LogP contribution in [-0.2, 0) is 11.8 Å².